The number of amides is 1. The lowest BCUT2D eigenvalue weighted by Gasteiger charge is -2.12. The van der Waals surface area contributed by atoms with Gasteiger partial charge in [-0.2, -0.15) is 0 Å². The molecule has 0 fully saturated rings. The van der Waals surface area contributed by atoms with Crippen molar-refractivity contribution in [3.05, 3.63) is 71.1 Å². The maximum absolute atomic E-state index is 12.6. The number of carbonyl (C=O) groups excluding carboxylic acids is 2. The molecule has 0 aliphatic heterocycles. The van der Waals surface area contributed by atoms with Gasteiger partial charge in [0.15, 0.2) is 0 Å². The fourth-order valence-corrected chi connectivity index (χ4v) is 4.61. The van der Waals surface area contributed by atoms with Crippen LogP contribution in [0.2, 0.25) is 0 Å². The summed E-state index contributed by atoms with van der Waals surface area (Å²) in [6, 6.07) is 13.6. The topological polar surface area (TPSA) is 111 Å². The molecule has 0 saturated heterocycles. The summed E-state index contributed by atoms with van der Waals surface area (Å²) >= 11 is 1.11. The van der Waals surface area contributed by atoms with Crippen molar-refractivity contribution in [1.82, 2.24) is 0 Å². The first-order valence-electron chi connectivity index (χ1n) is 8.58. The van der Waals surface area contributed by atoms with Crippen LogP contribution in [0, 0.1) is 0 Å². The zero-order valence-electron chi connectivity index (χ0n) is 16.0. The zero-order chi connectivity index (χ0) is 21.7. The molecule has 10 heteroatoms. The Morgan fingerprint density at radius 2 is 1.67 bits per heavy atom. The van der Waals surface area contributed by atoms with Gasteiger partial charge in [-0.1, -0.05) is 6.07 Å². The standard InChI is InChI=1S/C20H18N2O6S2/c1-27-17-10-7-14(20(24)28-2)12-16(17)21-19(23)13-5-8-15(9-6-13)22-30(25,26)18-4-3-11-29-18/h3-12,22H,1-2H3,(H,21,23). The van der Waals surface area contributed by atoms with Crippen molar-refractivity contribution >= 4 is 44.6 Å². The second kappa shape index (κ2) is 8.97. The van der Waals surface area contributed by atoms with Crippen molar-refractivity contribution in [2.45, 2.75) is 4.21 Å². The third kappa shape index (κ3) is 4.78. The number of esters is 1. The van der Waals surface area contributed by atoms with Gasteiger partial charge >= 0.3 is 5.97 Å². The summed E-state index contributed by atoms with van der Waals surface area (Å²) in [4.78, 5) is 24.3. The number of benzene rings is 2. The summed E-state index contributed by atoms with van der Waals surface area (Å²) in [6.45, 7) is 0. The van der Waals surface area contributed by atoms with Gasteiger partial charge in [-0.25, -0.2) is 13.2 Å². The van der Waals surface area contributed by atoms with E-state index in [4.69, 9.17) is 4.74 Å². The van der Waals surface area contributed by atoms with Gasteiger partial charge in [0.05, 0.1) is 25.5 Å². The second-order valence-electron chi connectivity index (χ2n) is 5.98. The van der Waals surface area contributed by atoms with E-state index >= 15 is 0 Å². The molecule has 3 rings (SSSR count). The highest BCUT2D eigenvalue weighted by atomic mass is 32.2. The van der Waals surface area contributed by atoms with E-state index in [1.807, 2.05) is 0 Å². The summed E-state index contributed by atoms with van der Waals surface area (Å²) in [5, 5.41) is 4.35. The third-order valence-electron chi connectivity index (χ3n) is 4.03. The minimum Gasteiger partial charge on any atom is -0.495 e. The molecule has 2 N–H and O–H groups in total. The number of ether oxygens (including phenoxy) is 2. The van der Waals surface area contributed by atoms with Gasteiger partial charge in [0, 0.05) is 11.3 Å². The van der Waals surface area contributed by atoms with Crippen LogP contribution < -0.4 is 14.8 Å². The van der Waals surface area contributed by atoms with E-state index in [1.165, 1.54) is 56.7 Å². The third-order valence-corrected chi connectivity index (χ3v) is 6.81. The van der Waals surface area contributed by atoms with Gasteiger partial charge in [0.25, 0.3) is 15.9 Å². The molecular formula is C20H18N2O6S2. The molecule has 30 heavy (non-hydrogen) atoms. The van der Waals surface area contributed by atoms with Crippen molar-refractivity contribution < 1.29 is 27.5 Å². The highest BCUT2D eigenvalue weighted by Crippen LogP contribution is 2.27. The molecule has 156 valence electrons. The maximum Gasteiger partial charge on any atom is 0.337 e. The van der Waals surface area contributed by atoms with Crippen molar-refractivity contribution in [2.24, 2.45) is 0 Å². The Balaban J connectivity index is 1.76. The summed E-state index contributed by atoms with van der Waals surface area (Å²) < 4.78 is 37.1. The highest BCUT2D eigenvalue weighted by Gasteiger charge is 2.16. The quantitative estimate of drug-likeness (QED) is 0.537. The van der Waals surface area contributed by atoms with Crippen LogP contribution in [-0.2, 0) is 14.8 Å². The minimum atomic E-state index is -3.67. The molecule has 0 atom stereocenters. The van der Waals surface area contributed by atoms with Gasteiger partial charge in [0.2, 0.25) is 0 Å². The van der Waals surface area contributed by atoms with Crippen molar-refractivity contribution in [3.8, 4) is 5.75 Å². The number of carbonyl (C=O) groups is 2. The molecule has 0 spiro atoms. The first-order valence-corrected chi connectivity index (χ1v) is 10.9. The fourth-order valence-electron chi connectivity index (χ4n) is 2.56. The molecule has 2 aromatic carbocycles. The molecule has 0 aliphatic rings. The minimum absolute atomic E-state index is 0.196. The first kappa shape index (κ1) is 21.3. The number of anilines is 2. The smallest absolute Gasteiger partial charge is 0.337 e. The normalized spacial score (nSPS) is 10.9. The molecular weight excluding hydrogens is 428 g/mol. The monoisotopic (exact) mass is 446 g/mol. The Hall–Kier alpha value is -3.37. The predicted molar refractivity (Wildman–Crippen MR) is 114 cm³/mol. The Kier molecular flexibility index (Phi) is 6.38. The molecule has 1 amide bonds. The zero-order valence-corrected chi connectivity index (χ0v) is 17.7. The molecule has 3 aromatic rings. The molecule has 0 saturated carbocycles. The van der Waals surface area contributed by atoms with Gasteiger partial charge in [-0.15, -0.1) is 11.3 Å². The van der Waals surface area contributed by atoms with Crippen LogP contribution in [0.25, 0.3) is 0 Å². The van der Waals surface area contributed by atoms with E-state index in [1.54, 1.807) is 17.5 Å². The van der Waals surface area contributed by atoms with Gasteiger partial charge < -0.3 is 14.8 Å². The van der Waals surface area contributed by atoms with Crippen LogP contribution in [0.5, 0.6) is 5.75 Å². The molecule has 0 aliphatic carbocycles. The van der Waals surface area contributed by atoms with Gasteiger partial charge in [0.1, 0.15) is 9.96 Å². The van der Waals surface area contributed by atoms with Crippen molar-refractivity contribution in [2.75, 3.05) is 24.3 Å². The Labute approximate surface area is 177 Å². The lowest BCUT2D eigenvalue weighted by molar-refractivity contribution is 0.0600. The van der Waals surface area contributed by atoms with Crippen LogP contribution >= 0.6 is 11.3 Å². The molecule has 0 unspecified atom stereocenters. The average Bonchev–Trinajstić information content (AvgIpc) is 3.29. The van der Waals surface area contributed by atoms with Gasteiger partial charge in [-0.05, 0) is 53.9 Å². The van der Waals surface area contributed by atoms with E-state index in [2.05, 4.69) is 14.8 Å². The predicted octanol–water partition coefficient (Wildman–Crippen LogP) is 3.60. The number of thiophene rings is 1. The summed E-state index contributed by atoms with van der Waals surface area (Å²) in [6.07, 6.45) is 0. The number of hydrogen-bond donors (Lipinski definition) is 2. The van der Waals surface area contributed by atoms with Crippen molar-refractivity contribution in [3.63, 3.8) is 0 Å². The second-order valence-corrected chi connectivity index (χ2v) is 8.83. The molecule has 0 radical (unpaired) electrons. The average molecular weight is 447 g/mol. The largest absolute Gasteiger partial charge is 0.495 e. The number of methoxy groups -OCH3 is 2. The number of nitrogens with one attached hydrogen (secondary N) is 2. The molecule has 0 bridgehead atoms. The number of hydrogen-bond acceptors (Lipinski definition) is 7. The fraction of sp³-hybridized carbons (Fsp3) is 0.100. The van der Waals surface area contributed by atoms with Gasteiger partial charge in [-0.3, -0.25) is 9.52 Å². The number of sulfonamides is 1. The molecule has 1 aromatic heterocycles. The van der Waals surface area contributed by atoms with E-state index in [-0.39, 0.29) is 9.77 Å². The van der Waals surface area contributed by atoms with Crippen LogP contribution in [0.1, 0.15) is 20.7 Å². The maximum atomic E-state index is 12.6. The van der Waals surface area contributed by atoms with Crippen LogP contribution in [0.15, 0.2) is 64.2 Å². The van der Waals surface area contributed by atoms with Crippen LogP contribution in [-0.4, -0.2) is 34.5 Å². The SMILES string of the molecule is COC(=O)c1ccc(OC)c(NC(=O)c2ccc(NS(=O)(=O)c3cccs3)cc2)c1. The molecule has 8 nitrogen and oxygen atoms in total. The van der Waals surface area contributed by atoms with Crippen LogP contribution in [0.3, 0.4) is 0 Å². The van der Waals surface area contributed by atoms with E-state index in [0.29, 0.717) is 22.7 Å². The Bertz CT molecular complexity index is 1160. The number of rotatable bonds is 7. The lowest BCUT2D eigenvalue weighted by Crippen LogP contribution is -2.14. The molecule has 1 heterocycles. The van der Waals surface area contributed by atoms with Crippen LogP contribution in [0.4, 0.5) is 11.4 Å². The Morgan fingerprint density at radius 3 is 2.27 bits per heavy atom. The lowest BCUT2D eigenvalue weighted by atomic mass is 10.1. The first-order chi connectivity index (χ1) is 14.3. The van der Waals surface area contributed by atoms with Crippen molar-refractivity contribution in [1.29, 1.82) is 0 Å². The summed E-state index contributed by atoms with van der Waals surface area (Å²) in [5.74, 6) is -0.630. The Morgan fingerprint density at radius 1 is 0.967 bits per heavy atom. The summed E-state index contributed by atoms with van der Waals surface area (Å²) in [5.41, 5.74) is 1.17. The van der Waals surface area contributed by atoms with E-state index in [0.717, 1.165) is 11.3 Å². The highest BCUT2D eigenvalue weighted by molar-refractivity contribution is 7.94. The van der Waals surface area contributed by atoms with E-state index in [9.17, 15) is 18.0 Å². The summed E-state index contributed by atoms with van der Waals surface area (Å²) in [7, 11) is -0.964. The van der Waals surface area contributed by atoms with E-state index < -0.39 is 21.9 Å².